The standard InChI is InChI=1S/C20H21FN4S/c21-16-3-1-15(2-4-16)18-22-23-19-25(18)24-17(26-19)11-20-8-12-5-13(9-20)7-14(6-12)10-20/h1-4,12-14H,5-11H2. The summed E-state index contributed by atoms with van der Waals surface area (Å²) in [6.45, 7) is 0. The van der Waals surface area contributed by atoms with Crippen LogP contribution in [0.5, 0.6) is 0 Å². The number of rotatable bonds is 3. The molecule has 7 rings (SSSR count). The molecule has 4 fully saturated rings. The maximum atomic E-state index is 13.2. The Morgan fingerprint density at radius 3 is 2.31 bits per heavy atom. The Labute approximate surface area is 155 Å². The van der Waals surface area contributed by atoms with Gasteiger partial charge in [-0.15, -0.1) is 10.2 Å². The van der Waals surface area contributed by atoms with Gasteiger partial charge in [0.2, 0.25) is 4.96 Å². The number of nitrogens with zero attached hydrogens (tertiary/aromatic N) is 4. The first kappa shape index (κ1) is 15.3. The highest BCUT2D eigenvalue weighted by atomic mass is 32.1. The van der Waals surface area contributed by atoms with E-state index in [1.54, 1.807) is 23.5 Å². The zero-order chi connectivity index (χ0) is 17.3. The van der Waals surface area contributed by atoms with E-state index in [9.17, 15) is 4.39 Å². The van der Waals surface area contributed by atoms with Crippen LogP contribution in [0.2, 0.25) is 0 Å². The lowest BCUT2D eigenvalue weighted by Gasteiger charge is -2.56. The largest absolute Gasteiger partial charge is 0.234 e. The van der Waals surface area contributed by atoms with Crippen LogP contribution in [0.1, 0.15) is 43.5 Å². The highest BCUT2D eigenvalue weighted by molar-refractivity contribution is 7.16. The molecular formula is C20H21FN4S. The fraction of sp³-hybridized carbons (Fsp3) is 0.550. The fourth-order valence-corrected chi connectivity index (χ4v) is 7.34. The van der Waals surface area contributed by atoms with E-state index >= 15 is 0 Å². The molecule has 134 valence electrons. The summed E-state index contributed by atoms with van der Waals surface area (Å²) in [6.07, 6.45) is 9.68. The van der Waals surface area contributed by atoms with Crippen molar-refractivity contribution in [1.29, 1.82) is 0 Å². The number of hydrogen-bond acceptors (Lipinski definition) is 4. The Bertz CT molecular complexity index is 938. The molecule has 26 heavy (non-hydrogen) atoms. The van der Waals surface area contributed by atoms with Crippen molar-refractivity contribution in [3.63, 3.8) is 0 Å². The van der Waals surface area contributed by atoms with Gasteiger partial charge in [0.15, 0.2) is 5.82 Å². The predicted molar refractivity (Wildman–Crippen MR) is 98.4 cm³/mol. The molecule has 2 aromatic heterocycles. The van der Waals surface area contributed by atoms with Gasteiger partial charge in [0.25, 0.3) is 0 Å². The zero-order valence-corrected chi connectivity index (χ0v) is 15.4. The first-order valence-corrected chi connectivity index (χ1v) is 10.4. The minimum Gasteiger partial charge on any atom is -0.207 e. The minimum absolute atomic E-state index is 0.240. The monoisotopic (exact) mass is 368 g/mol. The molecule has 0 atom stereocenters. The summed E-state index contributed by atoms with van der Waals surface area (Å²) in [4.78, 5) is 0.837. The van der Waals surface area contributed by atoms with Gasteiger partial charge >= 0.3 is 0 Å². The number of halogens is 1. The van der Waals surface area contributed by atoms with E-state index in [1.165, 1.54) is 55.7 Å². The molecule has 1 aromatic carbocycles. The van der Waals surface area contributed by atoms with E-state index in [-0.39, 0.29) is 5.82 Å². The van der Waals surface area contributed by atoms with Gasteiger partial charge in [0.05, 0.1) is 0 Å². The maximum absolute atomic E-state index is 13.2. The molecule has 3 aromatic rings. The molecule has 0 N–H and O–H groups in total. The Morgan fingerprint density at radius 1 is 1.00 bits per heavy atom. The van der Waals surface area contributed by atoms with Gasteiger partial charge in [-0.2, -0.15) is 9.61 Å². The molecule has 0 saturated heterocycles. The molecule has 4 aliphatic rings. The molecule has 0 radical (unpaired) electrons. The summed E-state index contributed by atoms with van der Waals surface area (Å²) in [5, 5.41) is 14.6. The molecule has 0 spiro atoms. The van der Waals surface area contributed by atoms with E-state index in [0.29, 0.717) is 11.2 Å². The molecule has 4 saturated carbocycles. The number of hydrogen-bond donors (Lipinski definition) is 0. The summed E-state index contributed by atoms with van der Waals surface area (Å²) in [7, 11) is 0. The summed E-state index contributed by atoms with van der Waals surface area (Å²) < 4.78 is 15.0. The predicted octanol–water partition coefficient (Wildman–Crippen LogP) is 4.75. The molecule has 4 bridgehead atoms. The summed E-state index contributed by atoms with van der Waals surface area (Å²) in [5.74, 6) is 3.34. The maximum Gasteiger partial charge on any atom is 0.234 e. The van der Waals surface area contributed by atoms with Crippen LogP contribution in [0.4, 0.5) is 4.39 Å². The lowest BCUT2D eigenvalue weighted by Crippen LogP contribution is -2.47. The van der Waals surface area contributed by atoms with Crippen molar-refractivity contribution in [1.82, 2.24) is 19.8 Å². The van der Waals surface area contributed by atoms with E-state index in [0.717, 1.165) is 34.7 Å². The van der Waals surface area contributed by atoms with E-state index in [1.807, 2.05) is 4.52 Å². The van der Waals surface area contributed by atoms with Crippen molar-refractivity contribution >= 4 is 16.3 Å². The van der Waals surface area contributed by atoms with Gasteiger partial charge < -0.3 is 0 Å². The van der Waals surface area contributed by atoms with Crippen molar-refractivity contribution in [3.8, 4) is 11.4 Å². The summed E-state index contributed by atoms with van der Waals surface area (Å²) in [6, 6.07) is 6.39. The molecule has 6 heteroatoms. The van der Waals surface area contributed by atoms with Crippen LogP contribution in [0.3, 0.4) is 0 Å². The Kier molecular flexibility index (Phi) is 3.14. The normalized spacial score (nSPS) is 32.6. The van der Waals surface area contributed by atoms with E-state index in [2.05, 4.69) is 10.2 Å². The average Bonchev–Trinajstić information content (AvgIpc) is 3.14. The molecule has 0 amide bonds. The number of fused-ring (bicyclic) bond motifs is 1. The van der Waals surface area contributed by atoms with Gasteiger partial charge in [-0.25, -0.2) is 4.39 Å². The topological polar surface area (TPSA) is 43.1 Å². The van der Waals surface area contributed by atoms with E-state index < -0.39 is 0 Å². The third-order valence-corrected chi connectivity index (χ3v) is 7.73. The smallest absolute Gasteiger partial charge is 0.207 e. The Morgan fingerprint density at radius 2 is 1.65 bits per heavy atom. The lowest BCUT2D eigenvalue weighted by atomic mass is 9.49. The Hall–Kier alpha value is -1.82. The highest BCUT2D eigenvalue weighted by Gasteiger charge is 2.51. The average molecular weight is 368 g/mol. The summed E-state index contributed by atoms with van der Waals surface area (Å²) in [5.41, 5.74) is 1.33. The van der Waals surface area contributed by atoms with Crippen LogP contribution < -0.4 is 0 Å². The molecule has 2 heterocycles. The van der Waals surface area contributed by atoms with Crippen LogP contribution in [0.25, 0.3) is 16.3 Å². The fourth-order valence-electron chi connectivity index (χ4n) is 6.33. The minimum atomic E-state index is -0.240. The quantitative estimate of drug-likeness (QED) is 0.670. The van der Waals surface area contributed by atoms with Gasteiger partial charge in [-0.05, 0) is 86.0 Å². The molecular weight excluding hydrogens is 347 g/mol. The van der Waals surface area contributed by atoms with Crippen molar-refractivity contribution in [2.24, 2.45) is 23.2 Å². The van der Waals surface area contributed by atoms with Gasteiger partial charge in [0, 0.05) is 12.0 Å². The third-order valence-electron chi connectivity index (χ3n) is 6.83. The van der Waals surface area contributed by atoms with Crippen molar-refractivity contribution in [2.75, 3.05) is 0 Å². The second-order valence-corrected chi connectivity index (χ2v) is 9.86. The molecule has 0 aliphatic heterocycles. The van der Waals surface area contributed by atoms with Gasteiger partial charge in [-0.3, -0.25) is 0 Å². The lowest BCUT2D eigenvalue weighted by molar-refractivity contribution is -0.0522. The van der Waals surface area contributed by atoms with Gasteiger partial charge in [0.1, 0.15) is 10.8 Å². The van der Waals surface area contributed by atoms with Crippen LogP contribution >= 0.6 is 11.3 Å². The van der Waals surface area contributed by atoms with Crippen LogP contribution in [0, 0.1) is 29.0 Å². The second kappa shape index (κ2) is 5.35. The van der Waals surface area contributed by atoms with Crippen molar-refractivity contribution in [3.05, 3.63) is 35.1 Å². The number of benzene rings is 1. The molecule has 4 aliphatic carbocycles. The first-order chi connectivity index (χ1) is 12.7. The number of aromatic nitrogens is 4. The van der Waals surface area contributed by atoms with E-state index in [4.69, 9.17) is 5.10 Å². The first-order valence-electron chi connectivity index (χ1n) is 9.63. The van der Waals surface area contributed by atoms with Gasteiger partial charge in [-0.1, -0.05) is 11.3 Å². The second-order valence-electron chi connectivity index (χ2n) is 8.82. The molecule has 4 nitrogen and oxygen atoms in total. The SMILES string of the molecule is Fc1ccc(-c2nnc3sc(CC45CC6CC(CC(C6)C4)C5)nn23)cc1. The summed E-state index contributed by atoms with van der Waals surface area (Å²) >= 11 is 1.67. The Balaban J connectivity index is 1.33. The highest BCUT2D eigenvalue weighted by Crippen LogP contribution is 2.61. The zero-order valence-electron chi connectivity index (χ0n) is 14.6. The third kappa shape index (κ3) is 2.34. The van der Waals surface area contributed by atoms with Crippen LogP contribution in [-0.2, 0) is 6.42 Å². The van der Waals surface area contributed by atoms with Crippen molar-refractivity contribution in [2.45, 2.75) is 44.9 Å². The van der Waals surface area contributed by atoms with Crippen LogP contribution in [-0.4, -0.2) is 19.8 Å². The molecule has 0 unspecified atom stereocenters. The van der Waals surface area contributed by atoms with Crippen molar-refractivity contribution < 1.29 is 4.39 Å². The van der Waals surface area contributed by atoms with Crippen LogP contribution in [0.15, 0.2) is 24.3 Å².